The quantitative estimate of drug-likeness (QED) is 0.873. The first-order valence-electron chi connectivity index (χ1n) is 10.0. The maximum Gasteiger partial charge on any atom is 0.227 e. The van der Waals surface area contributed by atoms with E-state index in [0.717, 1.165) is 75.9 Å². The Labute approximate surface area is 150 Å². The molecular formula is C19H31N5O. The van der Waals surface area contributed by atoms with E-state index in [1.165, 1.54) is 19.3 Å². The lowest BCUT2D eigenvalue weighted by Crippen LogP contribution is -2.41. The third-order valence-electron chi connectivity index (χ3n) is 5.84. The van der Waals surface area contributed by atoms with Crippen molar-refractivity contribution in [3.05, 3.63) is 11.8 Å². The van der Waals surface area contributed by atoms with Crippen molar-refractivity contribution in [3.63, 3.8) is 0 Å². The van der Waals surface area contributed by atoms with Gasteiger partial charge in [-0.15, -0.1) is 0 Å². The largest absolute Gasteiger partial charge is 0.373 e. The Bertz CT molecular complexity index is 581. The number of anilines is 2. The Morgan fingerprint density at radius 3 is 2.80 bits per heavy atom. The molecule has 6 heteroatoms. The predicted molar refractivity (Wildman–Crippen MR) is 100 cm³/mol. The van der Waals surface area contributed by atoms with Gasteiger partial charge in [0.1, 0.15) is 5.82 Å². The second-order valence-electron chi connectivity index (χ2n) is 7.74. The number of piperidine rings is 2. The number of rotatable bonds is 4. The Kier molecular flexibility index (Phi) is 5.08. The van der Waals surface area contributed by atoms with Crippen LogP contribution in [0.5, 0.6) is 0 Å². The number of nitrogens with one attached hydrogen (secondary N) is 2. The standard InChI is InChI=1S/C19H31N5O/c1-2-15-12-17(23-18(22-15)24-10-4-3-5-11-24)21-16-13-19(25-14-16)6-8-20-9-7-19/h12,16,20H,2-11,13-14H2,1H3,(H,21,22,23). The molecule has 1 spiro atoms. The summed E-state index contributed by atoms with van der Waals surface area (Å²) in [5.41, 5.74) is 1.20. The summed E-state index contributed by atoms with van der Waals surface area (Å²) in [4.78, 5) is 11.9. The SMILES string of the molecule is CCc1cc(NC2COC3(CCNCC3)C2)nc(N2CCCCC2)n1. The van der Waals surface area contributed by atoms with Crippen LogP contribution in [-0.2, 0) is 11.2 Å². The fourth-order valence-corrected chi connectivity index (χ4v) is 4.35. The van der Waals surface area contributed by atoms with Crippen molar-refractivity contribution in [1.29, 1.82) is 0 Å². The van der Waals surface area contributed by atoms with Gasteiger partial charge >= 0.3 is 0 Å². The van der Waals surface area contributed by atoms with Crippen LogP contribution in [0, 0.1) is 0 Å². The Morgan fingerprint density at radius 1 is 1.24 bits per heavy atom. The van der Waals surface area contributed by atoms with Crippen LogP contribution in [0.25, 0.3) is 0 Å². The van der Waals surface area contributed by atoms with E-state index in [2.05, 4.69) is 28.5 Å². The zero-order valence-corrected chi connectivity index (χ0v) is 15.4. The van der Waals surface area contributed by atoms with Gasteiger partial charge in [0.2, 0.25) is 5.95 Å². The fraction of sp³-hybridized carbons (Fsp3) is 0.789. The van der Waals surface area contributed by atoms with E-state index in [9.17, 15) is 0 Å². The monoisotopic (exact) mass is 345 g/mol. The molecule has 3 aliphatic heterocycles. The molecule has 0 amide bonds. The van der Waals surface area contributed by atoms with E-state index in [0.29, 0.717) is 6.04 Å². The number of ether oxygens (including phenoxy) is 1. The molecule has 25 heavy (non-hydrogen) atoms. The summed E-state index contributed by atoms with van der Waals surface area (Å²) in [7, 11) is 0. The van der Waals surface area contributed by atoms with Gasteiger partial charge in [0.05, 0.1) is 18.2 Å². The molecule has 0 aliphatic carbocycles. The van der Waals surface area contributed by atoms with Crippen molar-refractivity contribution >= 4 is 11.8 Å². The van der Waals surface area contributed by atoms with Gasteiger partial charge in [0, 0.05) is 24.8 Å². The van der Waals surface area contributed by atoms with Gasteiger partial charge in [-0.05, 0) is 58.0 Å². The Balaban J connectivity index is 1.46. The van der Waals surface area contributed by atoms with Crippen molar-refractivity contribution in [3.8, 4) is 0 Å². The lowest BCUT2D eigenvalue weighted by Gasteiger charge is -2.32. The molecule has 138 valence electrons. The van der Waals surface area contributed by atoms with Gasteiger partial charge in [-0.1, -0.05) is 6.92 Å². The molecule has 0 bridgehead atoms. The van der Waals surface area contributed by atoms with Crippen LogP contribution in [0.1, 0.15) is 51.1 Å². The van der Waals surface area contributed by atoms with E-state index >= 15 is 0 Å². The number of aryl methyl sites for hydroxylation is 1. The first-order chi connectivity index (χ1) is 12.3. The van der Waals surface area contributed by atoms with Gasteiger partial charge in [-0.2, -0.15) is 4.98 Å². The minimum Gasteiger partial charge on any atom is -0.373 e. The van der Waals surface area contributed by atoms with Crippen LogP contribution in [-0.4, -0.2) is 54.4 Å². The molecule has 2 N–H and O–H groups in total. The minimum atomic E-state index is 0.0826. The predicted octanol–water partition coefficient (Wildman–Crippen LogP) is 2.35. The van der Waals surface area contributed by atoms with Crippen molar-refractivity contribution in [1.82, 2.24) is 15.3 Å². The second kappa shape index (κ2) is 7.46. The summed E-state index contributed by atoms with van der Waals surface area (Å²) in [5, 5.41) is 7.08. The molecule has 3 aliphatic rings. The molecule has 4 rings (SSSR count). The fourth-order valence-electron chi connectivity index (χ4n) is 4.35. The molecule has 1 unspecified atom stereocenters. The van der Waals surface area contributed by atoms with Crippen molar-refractivity contribution < 1.29 is 4.74 Å². The molecule has 1 aromatic heterocycles. The summed E-state index contributed by atoms with van der Waals surface area (Å²) < 4.78 is 6.21. The highest BCUT2D eigenvalue weighted by Crippen LogP contribution is 2.35. The summed E-state index contributed by atoms with van der Waals surface area (Å²) in [6, 6.07) is 2.47. The number of nitrogens with zero attached hydrogens (tertiary/aromatic N) is 3. The number of hydrogen-bond acceptors (Lipinski definition) is 6. The summed E-state index contributed by atoms with van der Waals surface area (Å²) in [6.07, 6.45) is 8.08. The average molecular weight is 345 g/mol. The molecule has 3 saturated heterocycles. The third-order valence-corrected chi connectivity index (χ3v) is 5.84. The Morgan fingerprint density at radius 2 is 2.04 bits per heavy atom. The van der Waals surface area contributed by atoms with E-state index in [1.54, 1.807) is 0 Å². The van der Waals surface area contributed by atoms with Crippen molar-refractivity contribution in [2.45, 2.75) is 63.5 Å². The zero-order valence-electron chi connectivity index (χ0n) is 15.4. The van der Waals surface area contributed by atoms with E-state index < -0.39 is 0 Å². The minimum absolute atomic E-state index is 0.0826. The van der Waals surface area contributed by atoms with E-state index in [4.69, 9.17) is 14.7 Å². The number of aromatic nitrogens is 2. The molecule has 0 aromatic carbocycles. The lowest BCUT2D eigenvalue weighted by atomic mass is 9.88. The van der Waals surface area contributed by atoms with Gasteiger partial charge in [0.25, 0.3) is 0 Å². The van der Waals surface area contributed by atoms with E-state index in [1.807, 2.05) is 0 Å². The second-order valence-corrected chi connectivity index (χ2v) is 7.74. The molecule has 1 atom stereocenters. The molecule has 1 aromatic rings. The van der Waals surface area contributed by atoms with Gasteiger partial charge in [-0.3, -0.25) is 0 Å². The molecule has 0 radical (unpaired) electrons. The first-order valence-corrected chi connectivity index (χ1v) is 10.0. The highest BCUT2D eigenvalue weighted by Gasteiger charge is 2.41. The van der Waals surface area contributed by atoms with Crippen LogP contribution in [0.15, 0.2) is 6.07 Å². The van der Waals surface area contributed by atoms with Crippen LogP contribution >= 0.6 is 0 Å². The molecule has 6 nitrogen and oxygen atoms in total. The zero-order chi connectivity index (χ0) is 17.1. The smallest absolute Gasteiger partial charge is 0.227 e. The molecular weight excluding hydrogens is 314 g/mol. The van der Waals surface area contributed by atoms with Gasteiger partial charge in [-0.25, -0.2) is 4.98 Å². The van der Waals surface area contributed by atoms with Gasteiger partial charge < -0.3 is 20.3 Å². The summed E-state index contributed by atoms with van der Waals surface area (Å²) in [6.45, 7) is 7.24. The maximum absolute atomic E-state index is 6.21. The third kappa shape index (κ3) is 3.90. The highest BCUT2D eigenvalue weighted by molar-refractivity contribution is 5.45. The number of hydrogen-bond donors (Lipinski definition) is 2. The van der Waals surface area contributed by atoms with Gasteiger partial charge in [0.15, 0.2) is 0 Å². The Hall–Kier alpha value is -1.40. The molecule has 0 saturated carbocycles. The van der Waals surface area contributed by atoms with Crippen LogP contribution in [0.3, 0.4) is 0 Å². The highest BCUT2D eigenvalue weighted by atomic mass is 16.5. The molecule has 4 heterocycles. The van der Waals surface area contributed by atoms with Crippen LogP contribution in [0.4, 0.5) is 11.8 Å². The summed E-state index contributed by atoms with van der Waals surface area (Å²) in [5.74, 6) is 1.86. The van der Waals surface area contributed by atoms with E-state index in [-0.39, 0.29) is 5.60 Å². The topological polar surface area (TPSA) is 62.3 Å². The summed E-state index contributed by atoms with van der Waals surface area (Å²) >= 11 is 0. The van der Waals surface area contributed by atoms with Crippen molar-refractivity contribution in [2.75, 3.05) is 43.0 Å². The van der Waals surface area contributed by atoms with Crippen LogP contribution in [0.2, 0.25) is 0 Å². The van der Waals surface area contributed by atoms with Crippen LogP contribution < -0.4 is 15.5 Å². The van der Waals surface area contributed by atoms with Crippen molar-refractivity contribution in [2.24, 2.45) is 0 Å². The average Bonchev–Trinajstić information content (AvgIpc) is 3.04. The normalized spacial score (nSPS) is 26.1. The first kappa shape index (κ1) is 17.0. The molecule has 3 fully saturated rings. The maximum atomic E-state index is 6.21. The lowest BCUT2D eigenvalue weighted by molar-refractivity contribution is -0.0192.